The molecule has 0 saturated heterocycles. The van der Waals surface area contributed by atoms with Gasteiger partial charge in [-0.2, -0.15) is 18.2 Å². The molecule has 2 rings (SSSR count). The zero-order valence-electron chi connectivity index (χ0n) is 4.53. The minimum absolute atomic E-state index is 0.168. The van der Waals surface area contributed by atoms with Crippen LogP contribution in [0.15, 0.2) is 0 Å². The molecule has 0 atom stereocenters. The summed E-state index contributed by atoms with van der Waals surface area (Å²) in [6, 6.07) is 0. The third-order valence-corrected chi connectivity index (χ3v) is 1.18. The molecular formula is C5F3N2. The van der Waals surface area contributed by atoms with Gasteiger partial charge in [-0.25, -0.2) is 5.32 Å². The summed E-state index contributed by atoms with van der Waals surface area (Å²) in [6.45, 7) is 0. The number of fused-ring (bicyclic) bond motifs is 1. The Kier molecular flexibility index (Phi) is 0.783. The summed E-state index contributed by atoms with van der Waals surface area (Å²) in [4.78, 5) is 2.62. The fraction of sp³-hybridized carbons (Fsp3) is 0. The van der Waals surface area contributed by atoms with E-state index < -0.39 is 17.7 Å². The first-order valence-corrected chi connectivity index (χ1v) is 2.46. The highest BCUT2D eigenvalue weighted by Gasteiger charge is 2.33. The highest BCUT2D eigenvalue weighted by molar-refractivity contribution is 5.77. The predicted octanol–water partition coefficient (Wildman–Crippen LogP) is 1.38. The minimum Gasteiger partial charge on any atom is -0.236 e. The van der Waals surface area contributed by atoms with Crippen LogP contribution >= 0.6 is 0 Å². The second-order valence-electron chi connectivity index (χ2n) is 1.82. The molecule has 0 spiro atoms. The smallest absolute Gasteiger partial charge is 0.236 e. The van der Waals surface area contributed by atoms with Crippen LogP contribution in [-0.4, -0.2) is 4.98 Å². The van der Waals surface area contributed by atoms with Crippen molar-refractivity contribution in [2.75, 3.05) is 0 Å². The second-order valence-corrected chi connectivity index (χ2v) is 1.82. The van der Waals surface area contributed by atoms with Gasteiger partial charge >= 0.3 is 0 Å². The van der Waals surface area contributed by atoms with Gasteiger partial charge in [-0.3, -0.25) is 0 Å². The lowest BCUT2D eigenvalue weighted by molar-refractivity contribution is 0.458. The van der Waals surface area contributed by atoms with Crippen molar-refractivity contribution in [2.24, 2.45) is 0 Å². The summed E-state index contributed by atoms with van der Waals surface area (Å²) in [5.41, 5.74) is -0.413. The Bertz CT molecular complexity index is 307. The van der Waals surface area contributed by atoms with Crippen LogP contribution in [0.3, 0.4) is 0 Å². The van der Waals surface area contributed by atoms with Crippen molar-refractivity contribution in [1.29, 1.82) is 0 Å². The van der Waals surface area contributed by atoms with Gasteiger partial charge < -0.3 is 0 Å². The Morgan fingerprint density at radius 1 is 0.900 bits per heavy atom. The molecule has 10 heavy (non-hydrogen) atoms. The van der Waals surface area contributed by atoms with Gasteiger partial charge in [-0.05, 0) is 0 Å². The van der Waals surface area contributed by atoms with E-state index in [1.807, 2.05) is 0 Å². The van der Waals surface area contributed by atoms with Gasteiger partial charge in [0.2, 0.25) is 11.8 Å². The third-order valence-electron chi connectivity index (χ3n) is 1.18. The Morgan fingerprint density at radius 3 is 2.30 bits per heavy atom. The van der Waals surface area contributed by atoms with Crippen molar-refractivity contribution in [3.8, 4) is 0 Å². The minimum atomic E-state index is -1.43. The molecular weight excluding hydrogens is 145 g/mol. The summed E-state index contributed by atoms with van der Waals surface area (Å²) < 4.78 is 36.6. The highest BCUT2D eigenvalue weighted by atomic mass is 19.2. The van der Waals surface area contributed by atoms with Gasteiger partial charge in [-0.1, -0.05) is 0 Å². The summed E-state index contributed by atoms with van der Waals surface area (Å²) in [7, 11) is 0. The molecule has 0 N–H and O–H groups in total. The molecule has 0 amide bonds. The quantitative estimate of drug-likeness (QED) is 0.406. The SMILES string of the molecule is Fc1nc(F)c2c(c1F)[N]2. The van der Waals surface area contributed by atoms with Crippen LogP contribution in [0.5, 0.6) is 0 Å². The third kappa shape index (κ3) is 0.516. The maximum atomic E-state index is 12.3. The predicted molar refractivity (Wildman–Crippen MR) is 25.6 cm³/mol. The van der Waals surface area contributed by atoms with E-state index >= 15 is 0 Å². The molecule has 0 bridgehead atoms. The number of pyridine rings is 1. The molecule has 0 aliphatic carbocycles. The lowest BCUT2D eigenvalue weighted by Gasteiger charge is -1.84. The number of rotatable bonds is 0. The van der Waals surface area contributed by atoms with Crippen molar-refractivity contribution in [3.05, 3.63) is 17.7 Å². The maximum Gasteiger partial charge on any atom is 0.253 e. The second kappa shape index (κ2) is 1.42. The average molecular weight is 145 g/mol. The fourth-order valence-corrected chi connectivity index (χ4v) is 0.667. The van der Waals surface area contributed by atoms with Crippen LogP contribution in [-0.2, 0) is 0 Å². The average Bonchev–Trinajstić information content (AvgIpc) is 2.61. The molecule has 1 aliphatic rings. The van der Waals surface area contributed by atoms with Crippen molar-refractivity contribution >= 4 is 11.4 Å². The van der Waals surface area contributed by atoms with E-state index in [1.54, 1.807) is 0 Å². The van der Waals surface area contributed by atoms with Crippen LogP contribution in [0.25, 0.3) is 0 Å². The number of aromatic nitrogens is 1. The lowest BCUT2D eigenvalue weighted by Crippen LogP contribution is -1.87. The van der Waals surface area contributed by atoms with Crippen molar-refractivity contribution < 1.29 is 13.2 Å². The molecule has 0 fully saturated rings. The van der Waals surface area contributed by atoms with E-state index in [9.17, 15) is 13.2 Å². The summed E-state index contributed by atoms with van der Waals surface area (Å²) in [5.74, 6) is -3.65. The maximum absolute atomic E-state index is 12.3. The van der Waals surface area contributed by atoms with Crippen LogP contribution in [0.4, 0.5) is 24.5 Å². The van der Waals surface area contributed by atoms with Crippen LogP contribution in [0.2, 0.25) is 0 Å². The Hall–Kier alpha value is -1.26. The normalized spacial score (nSPS) is 12.3. The van der Waals surface area contributed by atoms with Gasteiger partial charge in [0.15, 0.2) is 0 Å². The first-order chi connectivity index (χ1) is 4.70. The molecule has 0 saturated carbocycles. The largest absolute Gasteiger partial charge is 0.253 e. The van der Waals surface area contributed by atoms with Crippen molar-refractivity contribution in [2.45, 2.75) is 0 Å². The van der Waals surface area contributed by atoms with E-state index in [2.05, 4.69) is 10.3 Å². The first-order valence-electron chi connectivity index (χ1n) is 2.46. The Morgan fingerprint density at radius 2 is 1.60 bits per heavy atom. The molecule has 1 aromatic rings. The van der Waals surface area contributed by atoms with E-state index in [0.717, 1.165) is 0 Å². The first kappa shape index (κ1) is 5.52. The van der Waals surface area contributed by atoms with E-state index in [4.69, 9.17) is 0 Å². The van der Waals surface area contributed by atoms with Crippen molar-refractivity contribution in [3.63, 3.8) is 0 Å². The highest BCUT2D eigenvalue weighted by Crippen LogP contribution is 2.43. The Balaban J connectivity index is 2.71. The van der Waals surface area contributed by atoms with Gasteiger partial charge in [0.1, 0.15) is 11.4 Å². The lowest BCUT2D eigenvalue weighted by atomic mass is 10.5. The van der Waals surface area contributed by atoms with Crippen LogP contribution in [0.1, 0.15) is 0 Å². The zero-order valence-corrected chi connectivity index (χ0v) is 4.53. The molecule has 1 aromatic heterocycles. The number of nitrogens with zero attached hydrogens (tertiary/aromatic N) is 2. The Labute approximate surface area is 53.7 Å². The fourth-order valence-electron chi connectivity index (χ4n) is 0.667. The topological polar surface area (TPSA) is 27.0 Å². The van der Waals surface area contributed by atoms with Crippen molar-refractivity contribution in [1.82, 2.24) is 10.3 Å². The molecule has 2 nitrogen and oxygen atoms in total. The van der Waals surface area contributed by atoms with Gasteiger partial charge in [-0.15, -0.1) is 0 Å². The van der Waals surface area contributed by atoms with Crippen LogP contribution in [0, 0.1) is 17.7 Å². The molecule has 2 heterocycles. The molecule has 1 radical (unpaired) electrons. The zero-order chi connectivity index (χ0) is 7.30. The summed E-state index contributed by atoms with van der Waals surface area (Å²) >= 11 is 0. The summed E-state index contributed by atoms with van der Waals surface area (Å²) in [6.07, 6.45) is 0. The summed E-state index contributed by atoms with van der Waals surface area (Å²) in [5, 5.41) is 3.22. The van der Waals surface area contributed by atoms with Gasteiger partial charge in [0.05, 0.1) is 0 Å². The molecule has 0 aromatic carbocycles. The standard InChI is InChI=1S/C5F3N2/c6-1-2-3(9-2)5(8)10-4(1)7. The molecule has 1 aliphatic heterocycles. The molecule has 5 heteroatoms. The number of halogens is 3. The van der Waals surface area contributed by atoms with E-state index in [-0.39, 0.29) is 11.4 Å². The number of hydrogen-bond acceptors (Lipinski definition) is 1. The monoisotopic (exact) mass is 145 g/mol. The van der Waals surface area contributed by atoms with E-state index in [0.29, 0.717) is 0 Å². The van der Waals surface area contributed by atoms with Gasteiger partial charge in [0, 0.05) is 0 Å². The van der Waals surface area contributed by atoms with Crippen LogP contribution < -0.4 is 5.32 Å². The number of hydrogen-bond donors (Lipinski definition) is 0. The molecule has 0 unspecified atom stereocenters. The van der Waals surface area contributed by atoms with E-state index in [1.165, 1.54) is 0 Å². The van der Waals surface area contributed by atoms with Gasteiger partial charge in [0.25, 0.3) is 5.95 Å². The molecule has 51 valence electrons.